The van der Waals surface area contributed by atoms with E-state index in [4.69, 9.17) is 26.3 Å². The van der Waals surface area contributed by atoms with E-state index in [9.17, 15) is 0 Å². The molecule has 0 saturated heterocycles. The lowest BCUT2D eigenvalue weighted by Crippen LogP contribution is -2.04. The number of para-hydroxylation sites is 1. The monoisotopic (exact) mass is 301 g/mol. The highest BCUT2D eigenvalue weighted by Crippen LogP contribution is 2.16. The third-order valence-electron chi connectivity index (χ3n) is 2.88. The fourth-order valence-corrected chi connectivity index (χ4v) is 1.92. The summed E-state index contributed by atoms with van der Waals surface area (Å²) >= 11 is 5.82. The van der Waals surface area contributed by atoms with Crippen LogP contribution >= 0.6 is 11.6 Å². The number of benzene rings is 2. The van der Waals surface area contributed by atoms with Gasteiger partial charge in [-0.1, -0.05) is 35.9 Å². The summed E-state index contributed by atoms with van der Waals surface area (Å²) in [6, 6.07) is 16.9. The molecule has 3 nitrogen and oxygen atoms in total. The number of ether oxygens (including phenoxy) is 2. The number of hydrogen-bond acceptors (Lipinski definition) is 3. The van der Waals surface area contributed by atoms with Crippen LogP contribution in [0.3, 0.4) is 0 Å². The van der Waals surface area contributed by atoms with E-state index in [1.807, 2.05) is 36.4 Å². The van der Waals surface area contributed by atoms with Crippen molar-refractivity contribution in [1.82, 2.24) is 0 Å². The maximum absolute atomic E-state index is 8.94. The molecular formula is C17H16ClNO2. The summed E-state index contributed by atoms with van der Waals surface area (Å²) in [6.45, 7) is 1.70. The molecule has 0 heterocycles. The molecule has 0 spiro atoms. The number of rotatable bonds is 7. The van der Waals surface area contributed by atoms with Crippen molar-refractivity contribution in [1.29, 1.82) is 5.26 Å². The molecule has 108 valence electrons. The van der Waals surface area contributed by atoms with Crippen LogP contribution in [0.4, 0.5) is 0 Å². The summed E-state index contributed by atoms with van der Waals surface area (Å²) in [5, 5.41) is 9.67. The van der Waals surface area contributed by atoms with Crippen LogP contribution in [0.1, 0.15) is 17.5 Å². The second-order valence-corrected chi connectivity index (χ2v) is 4.93. The highest BCUT2D eigenvalue weighted by molar-refractivity contribution is 6.30. The molecule has 0 aliphatic carbocycles. The zero-order valence-corrected chi connectivity index (χ0v) is 12.3. The molecule has 0 bridgehead atoms. The van der Waals surface area contributed by atoms with Gasteiger partial charge in [-0.2, -0.15) is 5.26 Å². The van der Waals surface area contributed by atoms with Gasteiger partial charge in [-0.15, -0.1) is 0 Å². The van der Waals surface area contributed by atoms with Gasteiger partial charge in [-0.3, -0.25) is 0 Å². The van der Waals surface area contributed by atoms with Crippen molar-refractivity contribution in [3.8, 4) is 11.8 Å². The van der Waals surface area contributed by atoms with Gasteiger partial charge in [0, 0.05) is 11.4 Å². The minimum atomic E-state index is 0.527. The second-order valence-electron chi connectivity index (χ2n) is 4.49. The minimum Gasteiger partial charge on any atom is -0.492 e. The average Bonchev–Trinajstić information content (AvgIpc) is 2.53. The summed E-state index contributed by atoms with van der Waals surface area (Å²) in [6.07, 6.45) is 0.771. The normalized spacial score (nSPS) is 10.1. The van der Waals surface area contributed by atoms with Gasteiger partial charge in [0.25, 0.3) is 0 Å². The van der Waals surface area contributed by atoms with Crippen molar-refractivity contribution in [2.45, 2.75) is 13.0 Å². The van der Waals surface area contributed by atoms with Crippen LogP contribution in [0.15, 0.2) is 48.5 Å². The molecule has 2 aromatic rings. The Kier molecular flexibility index (Phi) is 6.08. The van der Waals surface area contributed by atoms with E-state index < -0.39 is 0 Å². The van der Waals surface area contributed by atoms with Crippen LogP contribution in [-0.4, -0.2) is 13.2 Å². The van der Waals surface area contributed by atoms with Crippen molar-refractivity contribution in [3.05, 3.63) is 64.7 Å². The Labute approximate surface area is 129 Å². The molecule has 0 aliphatic rings. The first-order valence-corrected chi connectivity index (χ1v) is 7.11. The molecule has 0 radical (unpaired) electrons. The standard InChI is InChI=1S/C17H16ClNO2/c18-16-8-6-14(7-9-16)13-20-10-3-11-21-17-5-2-1-4-15(17)12-19/h1-2,4-9H,3,10-11,13H2. The van der Waals surface area contributed by atoms with Gasteiger partial charge < -0.3 is 9.47 Å². The van der Waals surface area contributed by atoms with Crippen LogP contribution in [0.25, 0.3) is 0 Å². The maximum atomic E-state index is 8.94. The third kappa shape index (κ3) is 5.11. The summed E-state index contributed by atoms with van der Waals surface area (Å²) in [4.78, 5) is 0. The first kappa shape index (κ1) is 15.4. The predicted octanol–water partition coefficient (Wildman–Crippen LogP) is 4.20. The van der Waals surface area contributed by atoms with Crippen molar-refractivity contribution >= 4 is 11.6 Å². The van der Waals surface area contributed by atoms with Crippen LogP contribution in [0, 0.1) is 11.3 Å². The summed E-state index contributed by atoms with van der Waals surface area (Å²) in [7, 11) is 0. The van der Waals surface area contributed by atoms with E-state index in [0.717, 1.165) is 17.0 Å². The zero-order valence-electron chi connectivity index (χ0n) is 11.6. The third-order valence-corrected chi connectivity index (χ3v) is 3.13. The predicted molar refractivity (Wildman–Crippen MR) is 82.4 cm³/mol. The number of nitriles is 1. The largest absolute Gasteiger partial charge is 0.492 e. The zero-order chi connectivity index (χ0) is 14.9. The summed E-state index contributed by atoms with van der Waals surface area (Å²) < 4.78 is 11.1. The number of hydrogen-bond donors (Lipinski definition) is 0. The molecule has 0 fully saturated rings. The molecule has 0 N–H and O–H groups in total. The molecule has 0 amide bonds. The Bertz CT molecular complexity index is 605. The molecule has 21 heavy (non-hydrogen) atoms. The highest BCUT2D eigenvalue weighted by atomic mass is 35.5. The highest BCUT2D eigenvalue weighted by Gasteiger charge is 2.01. The van der Waals surface area contributed by atoms with Gasteiger partial charge in [-0.25, -0.2) is 0 Å². The van der Waals surface area contributed by atoms with Crippen LogP contribution in [0.5, 0.6) is 5.75 Å². The minimum absolute atomic E-state index is 0.527. The SMILES string of the molecule is N#Cc1ccccc1OCCCOCc1ccc(Cl)cc1. The van der Waals surface area contributed by atoms with Crippen LogP contribution in [-0.2, 0) is 11.3 Å². The molecule has 0 atom stereocenters. The Morgan fingerprint density at radius 3 is 2.52 bits per heavy atom. The first-order valence-electron chi connectivity index (χ1n) is 6.74. The quantitative estimate of drug-likeness (QED) is 0.720. The fraction of sp³-hybridized carbons (Fsp3) is 0.235. The van der Waals surface area contributed by atoms with E-state index >= 15 is 0 Å². The summed E-state index contributed by atoms with van der Waals surface area (Å²) in [5.74, 6) is 0.623. The molecule has 0 aromatic heterocycles. The van der Waals surface area contributed by atoms with Crippen molar-refractivity contribution in [3.63, 3.8) is 0 Å². The molecule has 0 aliphatic heterocycles. The van der Waals surface area contributed by atoms with Gasteiger partial charge >= 0.3 is 0 Å². The lowest BCUT2D eigenvalue weighted by molar-refractivity contribution is 0.107. The second kappa shape index (κ2) is 8.31. The van der Waals surface area contributed by atoms with Crippen molar-refractivity contribution < 1.29 is 9.47 Å². The van der Waals surface area contributed by atoms with Gasteiger partial charge in [-0.05, 0) is 29.8 Å². The average molecular weight is 302 g/mol. The Balaban J connectivity index is 1.64. The van der Waals surface area contributed by atoms with E-state index in [-0.39, 0.29) is 0 Å². The Morgan fingerprint density at radius 2 is 1.76 bits per heavy atom. The fourth-order valence-electron chi connectivity index (χ4n) is 1.80. The molecule has 0 saturated carbocycles. The molecule has 4 heteroatoms. The van der Waals surface area contributed by atoms with E-state index in [0.29, 0.717) is 31.1 Å². The van der Waals surface area contributed by atoms with Gasteiger partial charge in [0.1, 0.15) is 11.8 Å². The van der Waals surface area contributed by atoms with Crippen molar-refractivity contribution in [2.24, 2.45) is 0 Å². The van der Waals surface area contributed by atoms with Crippen LogP contribution < -0.4 is 4.74 Å². The Morgan fingerprint density at radius 1 is 1.00 bits per heavy atom. The molecule has 2 rings (SSSR count). The van der Waals surface area contributed by atoms with Gasteiger partial charge in [0.15, 0.2) is 0 Å². The van der Waals surface area contributed by atoms with Gasteiger partial charge in [0.05, 0.1) is 25.4 Å². The molecule has 0 unspecified atom stereocenters. The van der Waals surface area contributed by atoms with E-state index in [2.05, 4.69) is 6.07 Å². The smallest absolute Gasteiger partial charge is 0.137 e. The number of halogens is 1. The van der Waals surface area contributed by atoms with E-state index in [1.165, 1.54) is 0 Å². The lowest BCUT2D eigenvalue weighted by Gasteiger charge is -2.08. The maximum Gasteiger partial charge on any atom is 0.137 e. The molecule has 2 aromatic carbocycles. The van der Waals surface area contributed by atoms with E-state index in [1.54, 1.807) is 12.1 Å². The molecular weight excluding hydrogens is 286 g/mol. The Hall–Kier alpha value is -2.02. The van der Waals surface area contributed by atoms with Gasteiger partial charge in [0.2, 0.25) is 0 Å². The summed E-state index contributed by atoms with van der Waals surface area (Å²) in [5.41, 5.74) is 1.65. The van der Waals surface area contributed by atoms with Crippen LogP contribution in [0.2, 0.25) is 5.02 Å². The number of nitrogens with zero attached hydrogens (tertiary/aromatic N) is 1. The lowest BCUT2D eigenvalue weighted by atomic mass is 10.2. The van der Waals surface area contributed by atoms with Crippen molar-refractivity contribution in [2.75, 3.05) is 13.2 Å². The first-order chi connectivity index (χ1) is 10.3. The topological polar surface area (TPSA) is 42.2 Å².